The van der Waals surface area contributed by atoms with Gasteiger partial charge in [-0.2, -0.15) is 5.10 Å². The van der Waals surface area contributed by atoms with Crippen LogP contribution in [0.1, 0.15) is 27.5 Å². The molecule has 1 aromatic carbocycles. The number of hydrogen-bond acceptors (Lipinski definition) is 4. The van der Waals surface area contributed by atoms with Crippen LogP contribution in [0.15, 0.2) is 70.3 Å². The van der Waals surface area contributed by atoms with Gasteiger partial charge in [-0.1, -0.05) is 24.3 Å². The van der Waals surface area contributed by atoms with E-state index in [-0.39, 0.29) is 11.7 Å². The van der Waals surface area contributed by atoms with Crippen LogP contribution in [0.5, 0.6) is 0 Å². The minimum atomic E-state index is -0.388. The minimum Gasteiger partial charge on any atom is -0.451 e. The zero-order chi connectivity index (χ0) is 18.8. The average molecular weight is 358 g/mol. The molecule has 0 saturated carbocycles. The summed E-state index contributed by atoms with van der Waals surface area (Å²) in [6.07, 6.45) is 3.39. The normalized spacial score (nSPS) is 11.3. The van der Waals surface area contributed by atoms with Gasteiger partial charge in [0.2, 0.25) is 0 Å². The first-order valence-electron chi connectivity index (χ1n) is 8.56. The number of nitrogens with one attached hydrogen (secondary N) is 1. The van der Waals surface area contributed by atoms with Crippen molar-refractivity contribution in [1.29, 1.82) is 0 Å². The number of hydrazone groups is 1. The first-order chi connectivity index (χ1) is 13.1. The molecule has 0 fully saturated rings. The van der Waals surface area contributed by atoms with Crippen LogP contribution in [0.4, 0.5) is 0 Å². The molecule has 0 aliphatic carbocycles. The Bertz CT molecular complexity index is 1110. The van der Waals surface area contributed by atoms with E-state index in [1.165, 1.54) is 0 Å². The second kappa shape index (κ2) is 6.92. The molecule has 6 heteroatoms. The van der Waals surface area contributed by atoms with Crippen molar-refractivity contribution in [2.75, 3.05) is 0 Å². The van der Waals surface area contributed by atoms with Crippen molar-refractivity contribution in [2.24, 2.45) is 5.10 Å². The largest absolute Gasteiger partial charge is 0.451 e. The van der Waals surface area contributed by atoms with Crippen LogP contribution < -0.4 is 5.43 Å². The number of amides is 1. The molecule has 0 spiro atoms. The fraction of sp³-hybridized carbons (Fsp3) is 0.0952. The Morgan fingerprint density at radius 3 is 2.74 bits per heavy atom. The van der Waals surface area contributed by atoms with Crippen LogP contribution in [-0.2, 0) is 0 Å². The van der Waals surface area contributed by atoms with E-state index >= 15 is 0 Å². The Labute approximate surface area is 156 Å². The minimum absolute atomic E-state index is 0.229. The molecule has 0 saturated heterocycles. The molecule has 1 amide bonds. The molecule has 0 aliphatic heterocycles. The third-order valence-electron chi connectivity index (χ3n) is 4.37. The molecule has 134 valence electrons. The van der Waals surface area contributed by atoms with Crippen molar-refractivity contribution in [3.63, 3.8) is 0 Å². The first kappa shape index (κ1) is 16.8. The predicted octanol–water partition coefficient (Wildman–Crippen LogP) is 4.00. The number of para-hydroxylation sites is 1. The smallest absolute Gasteiger partial charge is 0.307 e. The number of aromatic nitrogens is 2. The monoisotopic (exact) mass is 358 g/mol. The van der Waals surface area contributed by atoms with E-state index < -0.39 is 0 Å². The van der Waals surface area contributed by atoms with Gasteiger partial charge in [-0.05, 0) is 44.2 Å². The lowest BCUT2D eigenvalue weighted by Crippen LogP contribution is -2.16. The van der Waals surface area contributed by atoms with Crippen LogP contribution in [-0.4, -0.2) is 21.7 Å². The number of pyridine rings is 1. The van der Waals surface area contributed by atoms with Crippen molar-refractivity contribution in [2.45, 2.75) is 13.8 Å². The topological polar surface area (TPSA) is 72.4 Å². The number of aryl methyl sites for hydroxylation is 1. The van der Waals surface area contributed by atoms with E-state index in [0.717, 1.165) is 28.2 Å². The molecule has 0 atom stereocenters. The van der Waals surface area contributed by atoms with Crippen molar-refractivity contribution < 1.29 is 9.21 Å². The van der Waals surface area contributed by atoms with E-state index in [9.17, 15) is 4.79 Å². The maximum absolute atomic E-state index is 12.2. The highest BCUT2D eigenvalue weighted by atomic mass is 16.3. The Kier molecular flexibility index (Phi) is 4.30. The highest BCUT2D eigenvalue weighted by Gasteiger charge is 2.12. The van der Waals surface area contributed by atoms with Gasteiger partial charge in [0.05, 0.1) is 6.21 Å². The fourth-order valence-corrected chi connectivity index (χ4v) is 3.07. The zero-order valence-electron chi connectivity index (χ0n) is 15.0. The lowest BCUT2D eigenvalue weighted by atomic mass is 10.2. The lowest BCUT2D eigenvalue weighted by Gasteiger charge is -2.07. The molecule has 27 heavy (non-hydrogen) atoms. The molecular weight excluding hydrogens is 340 g/mol. The van der Waals surface area contributed by atoms with E-state index in [1.807, 2.05) is 66.9 Å². The standard InChI is InChI=1S/C21H18N4O2/c1-14-11-17(15(2)25(14)20-9-5-6-10-22-20)13-23-24-21(26)19-12-16-7-3-4-8-18(16)27-19/h3-13H,1-2H3,(H,24,26)/b23-13+. The van der Waals surface area contributed by atoms with E-state index in [4.69, 9.17) is 4.42 Å². The van der Waals surface area contributed by atoms with Gasteiger partial charge in [-0.15, -0.1) is 0 Å². The Morgan fingerprint density at radius 1 is 1.15 bits per heavy atom. The van der Waals surface area contributed by atoms with E-state index in [2.05, 4.69) is 15.5 Å². The summed E-state index contributed by atoms with van der Waals surface area (Å²) in [7, 11) is 0. The highest BCUT2D eigenvalue weighted by molar-refractivity contribution is 5.96. The second-order valence-electron chi connectivity index (χ2n) is 6.20. The van der Waals surface area contributed by atoms with Crippen molar-refractivity contribution in [3.8, 4) is 5.82 Å². The zero-order valence-corrected chi connectivity index (χ0v) is 15.0. The molecule has 4 aromatic rings. The van der Waals surface area contributed by atoms with E-state index in [1.54, 1.807) is 18.5 Å². The quantitative estimate of drug-likeness (QED) is 0.443. The average Bonchev–Trinajstić information content (AvgIpc) is 3.23. The second-order valence-corrected chi connectivity index (χ2v) is 6.20. The van der Waals surface area contributed by atoms with E-state index in [0.29, 0.717) is 5.58 Å². The number of carbonyl (C=O) groups excluding carboxylic acids is 1. The van der Waals surface area contributed by atoms with Gasteiger partial charge in [0, 0.05) is 28.5 Å². The summed E-state index contributed by atoms with van der Waals surface area (Å²) < 4.78 is 7.58. The molecule has 1 N–H and O–H groups in total. The van der Waals surface area contributed by atoms with Gasteiger partial charge in [0.15, 0.2) is 5.76 Å². The van der Waals surface area contributed by atoms with Gasteiger partial charge < -0.3 is 8.98 Å². The molecular formula is C21H18N4O2. The van der Waals surface area contributed by atoms with Crippen LogP contribution in [0.3, 0.4) is 0 Å². The van der Waals surface area contributed by atoms with Crippen molar-refractivity contribution in [3.05, 3.63) is 83.5 Å². The molecule has 3 aromatic heterocycles. The summed E-state index contributed by atoms with van der Waals surface area (Å²) in [5.74, 6) is 0.687. The number of rotatable bonds is 4. The molecule has 0 unspecified atom stereocenters. The maximum atomic E-state index is 12.2. The molecule has 4 rings (SSSR count). The Balaban J connectivity index is 1.52. The van der Waals surface area contributed by atoms with Crippen LogP contribution in [0, 0.1) is 13.8 Å². The molecule has 0 aliphatic rings. The van der Waals surface area contributed by atoms with Gasteiger partial charge in [-0.25, -0.2) is 10.4 Å². The molecule has 3 heterocycles. The number of carbonyl (C=O) groups is 1. The third kappa shape index (κ3) is 3.25. The number of fused-ring (bicyclic) bond motifs is 1. The summed E-state index contributed by atoms with van der Waals surface area (Å²) in [6, 6.07) is 17.0. The lowest BCUT2D eigenvalue weighted by molar-refractivity contribution is 0.0929. The molecule has 6 nitrogen and oxygen atoms in total. The van der Waals surface area contributed by atoms with Gasteiger partial charge in [0.25, 0.3) is 0 Å². The Hall–Kier alpha value is -3.67. The molecule has 0 radical (unpaired) electrons. The summed E-state index contributed by atoms with van der Waals surface area (Å²) in [5, 5.41) is 4.96. The van der Waals surface area contributed by atoms with Crippen LogP contribution >= 0.6 is 0 Å². The Morgan fingerprint density at radius 2 is 1.96 bits per heavy atom. The third-order valence-corrected chi connectivity index (χ3v) is 4.37. The summed E-state index contributed by atoms with van der Waals surface area (Å²) in [4.78, 5) is 16.6. The van der Waals surface area contributed by atoms with Crippen molar-refractivity contribution in [1.82, 2.24) is 15.0 Å². The number of benzene rings is 1. The van der Waals surface area contributed by atoms with Gasteiger partial charge >= 0.3 is 5.91 Å². The fourth-order valence-electron chi connectivity index (χ4n) is 3.07. The summed E-state index contributed by atoms with van der Waals surface area (Å²) in [6.45, 7) is 4.00. The number of furan rings is 1. The van der Waals surface area contributed by atoms with Gasteiger partial charge in [0.1, 0.15) is 11.4 Å². The summed E-state index contributed by atoms with van der Waals surface area (Å²) in [5.41, 5.74) is 6.13. The number of hydrogen-bond donors (Lipinski definition) is 1. The first-order valence-corrected chi connectivity index (χ1v) is 8.56. The van der Waals surface area contributed by atoms with Gasteiger partial charge in [-0.3, -0.25) is 4.79 Å². The van der Waals surface area contributed by atoms with Crippen LogP contribution in [0.25, 0.3) is 16.8 Å². The summed E-state index contributed by atoms with van der Waals surface area (Å²) >= 11 is 0. The van der Waals surface area contributed by atoms with Crippen molar-refractivity contribution >= 4 is 23.1 Å². The maximum Gasteiger partial charge on any atom is 0.307 e. The van der Waals surface area contributed by atoms with Crippen LogP contribution in [0.2, 0.25) is 0 Å². The highest BCUT2D eigenvalue weighted by Crippen LogP contribution is 2.19. The SMILES string of the molecule is Cc1cc(/C=N/NC(=O)c2cc3ccccc3o2)c(C)n1-c1ccccn1. The number of nitrogens with zero attached hydrogens (tertiary/aromatic N) is 3. The molecule has 0 bridgehead atoms. The predicted molar refractivity (Wildman–Crippen MR) is 104 cm³/mol.